The first kappa shape index (κ1) is 21.1. The molecule has 2 aromatic carbocycles. The van der Waals surface area contributed by atoms with E-state index in [1.54, 1.807) is 12.1 Å². The fourth-order valence-electron chi connectivity index (χ4n) is 2.98. The Kier molecular flexibility index (Phi) is 6.73. The van der Waals surface area contributed by atoms with Crippen LogP contribution in [0.3, 0.4) is 0 Å². The van der Waals surface area contributed by atoms with Gasteiger partial charge in [-0.05, 0) is 56.0 Å². The fourth-order valence-corrected chi connectivity index (χ4v) is 3.76. The molecule has 0 spiro atoms. The summed E-state index contributed by atoms with van der Waals surface area (Å²) in [6.07, 6.45) is 1.47. The second-order valence-electron chi connectivity index (χ2n) is 6.79. The molecule has 0 saturated carbocycles. The van der Waals surface area contributed by atoms with E-state index in [9.17, 15) is 17.6 Å². The van der Waals surface area contributed by atoms with Gasteiger partial charge in [0.15, 0.2) is 0 Å². The zero-order chi connectivity index (χ0) is 20.2. The maximum atomic E-state index is 13.0. The van der Waals surface area contributed by atoms with Crippen molar-refractivity contribution in [3.05, 3.63) is 64.5 Å². The monoisotopic (exact) mass is 392 g/mol. The van der Waals surface area contributed by atoms with Crippen LogP contribution < -0.4 is 5.32 Å². The predicted molar refractivity (Wildman–Crippen MR) is 106 cm³/mol. The lowest BCUT2D eigenvalue weighted by Crippen LogP contribution is -2.38. The Morgan fingerprint density at radius 3 is 2.15 bits per heavy atom. The van der Waals surface area contributed by atoms with Gasteiger partial charge in [-0.1, -0.05) is 29.8 Å². The summed E-state index contributed by atoms with van der Waals surface area (Å²) in [4.78, 5) is 12.4. The molecule has 0 aromatic heterocycles. The molecule has 0 heterocycles. The Hall–Kier alpha value is -2.25. The van der Waals surface area contributed by atoms with Crippen LogP contribution in [0.15, 0.2) is 36.4 Å². The molecule has 0 fully saturated rings. The minimum absolute atomic E-state index is 0.143. The average molecular weight is 392 g/mol. The summed E-state index contributed by atoms with van der Waals surface area (Å²) in [7, 11) is -3.56. The molecule has 0 unspecified atom stereocenters. The Morgan fingerprint density at radius 2 is 1.63 bits per heavy atom. The molecule has 2 rings (SSSR count). The Balaban J connectivity index is 2.07. The molecule has 0 atom stereocenters. The highest BCUT2D eigenvalue weighted by molar-refractivity contribution is 7.88. The second kappa shape index (κ2) is 8.63. The molecule has 27 heavy (non-hydrogen) atoms. The summed E-state index contributed by atoms with van der Waals surface area (Å²) in [5, 5.41) is 2.82. The molecule has 0 aliphatic heterocycles. The number of anilines is 1. The lowest BCUT2D eigenvalue weighted by molar-refractivity contribution is -0.116. The van der Waals surface area contributed by atoms with Crippen LogP contribution in [0, 0.1) is 26.6 Å². The van der Waals surface area contributed by atoms with E-state index in [4.69, 9.17) is 0 Å². The van der Waals surface area contributed by atoms with Gasteiger partial charge in [0.1, 0.15) is 5.82 Å². The second-order valence-corrected chi connectivity index (χ2v) is 8.78. The van der Waals surface area contributed by atoms with Crippen LogP contribution in [-0.2, 0) is 21.2 Å². The third kappa shape index (κ3) is 6.15. The number of sulfonamides is 1. The van der Waals surface area contributed by atoms with Crippen molar-refractivity contribution in [2.24, 2.45) is 0 Å². The molecule has 1 N–H and O–H groups in total. The van der Waals surface area contributed by atoms with Crippen LogP contribution in [0.2, 0.25) is 0 Å². The number of benzene rings is 2. The quantitative estimate of drug-likeness (QED) is 0.787. The van der Waals surface area contributed by atoms with Gasteiger partial charge >= 0.3 is 0 Å². The largest absolute Gasteiger partial charge is 0.324 e. The van der Waals surface area contributed by atoms with E-state index < -0.39 is 15.9 Å². The van der Waals surface area contributed by atoms with E-state index >= 15 is 0 Å². The minimum atomic E-state index is -3.56. The predicted octanol–water partition coefficient (Wildman–Crippen LogP) is 3.19. The minimum Gasteiger partial charge on any atom is -0.324 e. The summed E-state index contributed by atoms with van der Waals surface area (Å²) in [5.74, 6) is -0.739. The molecule has 0 saturated heterocycles. The van der Waals surface area contributed by atoms with Gasteiger partial charge in [-0.2, -0.15) is 4.31 Å². The first-order valence-corrected chi connectivity index (χ1v) is 10.5. The lowest BCUT2D eigenvalue weighted by Gasteiger charge is -2.20. The highest BCUT2D eigenvalue weighted by Gasteiger charge is 2.20. The van der Waals surface area contributed by atoms with Crippen molar-refractivity contribution < 1.29 is 17.6 Å². The lowest BCUT2D eigenvalue weighted by atomic mass is 10.1. The summed E-state index contributed by atoms with van der Waals surface area (Å²) < 4.78 is 38.2. The number of nitrogens with one attached hydrogen (secondary N) is 1. The topological polar surface area (TPSA) is 66.5 Å². The molecule has 5 nitrogen and oxygen atoms in total. The van der Waals surface area contributed by atoms with E-state index in [1.165, 1.54) is 12.1 Å². The highest BCUT2D eigenvalue weighted by Crippen LogP contribution is 2.22. The first-order valence-electron chi connectivity index (χ1n) is 8.63. The fraction of sp³-hybridized carbons (Fsp3) is 0.350. The molecular weight excluding hydrogens is 367 g/mol. The van der Waals surface area contributed by atoms with Crippen LogP contribution >= 0.6 is 0 Å². The van der Waals surface area contributed by atoms with Gasteiger partial charge in [-0.3, -0.25) is 4.79 Å². The molecule has 1 amide bonds. The molecule has 0 aliphatic rings. The van der Waals surface area contributed by atoms with Crippen LogP contribution in [0.4, 0.5) is 10.1 Å². The Bertz CT molecular complexity index is 902. The summed E-state index contributed by atoms with van der Waals surface area (Å²) in [6, 6.07) is 9.80. The zero-order valence-corrected chi connectivity index (χ0v) is 16.9. The zero-order valence-electron chi connectivity index (χ0n) is 16.0. The van der Waals surface area contributed by atoms with Crippen LogP contribution in [-0.4, -0.2) is 38.0 Å². The number of halogens is 1. The van der Waals surface area contributed by atoms with Gasteiger partial charge in [0.25, 0.3) is 0 Å². The van der Waals surface area contributed by atoms with Crippen molar-refractivity contribution in [2.45, 2.75) is 27.2 Å². The number of hydrogen-bond acceptors (Lipinski definition) is 3. The van der Waals surface area contributed by atoms with Crippen molar-refractivity contribution in [3.8, 4) is 0 Å². The molecule has 2 aromatic rings. The van der Waals surface area contributed by atoms with E-state index in [-0.39, 0.29) is 18.9 Å². The van der Waals surface area contributed by atoms with Crippen LogP contribution in [0.5, 0.6) is 0 Å². The van der Waals surface area contributed by atoms with Crippen molar-refractivity contribution >= 4 is 21.6 Å². The summed E-state index contributed by atoms with van der Waals surface area (Å²) in [6.45, 7) is 5.65. The molecule has 7 heteroatoms. The van der Waals surface area contributed by atoms with Gasteiger partial charge in [-0.25, -0.2) is 12.8 Å². The number of carbonyl (C=O) groups excluding carboxylic acids is 1. The van der Waals surface area contributed by atoms with E-state index in [0.29, 0.717) is 12.1 Å². The number of carbonyl (C=O) groups is 1. The normalized spacial score (nSPS) is 11.6. The van der Waals surface area contributed by atoms with E-state index in [0.717, 1.165) is 32.8 Å². The molecule has 0 bridgehead atoms. The smallest absolute Gasteiger partial charge is 0.239 e. The number of rotatable bonds is 7. The number of aryl methyl sites for hydroxylation is 3. The van der Waals surface area contributed by atoms with E-state index in [2.05, 4.69) is 5.32 Å². The van der Waals surface area contributed by atoms with Gasteiger partial charge in [0, 0.05) is 12.2 Å². The molecular formula is C20H25FN2O3S. The Labute approximate surface area is 160 Å². The van der Waals surface area contributed by atoms with Crippen molar-refractivity contribution in [3.63, 3.8) is 0 Å². The van der Waals surface area contributed by atoms with Crippen LogP contribution in [0.1, 0.15) is 22.3 Å². The average Bonchev–Trinajstić information content (AvgIpc) is 2.55. The highest BCUT2D eigenvalue weighted by atomic mass is 32.2. The van der Waals surface area contributed by atoms with Crippen molar-refractivity contribution in [1.82, 2.24) is 4.31 Å². The molecule has 0 radical (unpaired) electrons. The van der Waals surface area contributed by atoms with Gasteiger partial charge in [0.05, 0.1) is 12.8 Å². The van der Waals surface area contributed by atoms with Gasteiger partial charge in [0.2, 0.25) is 15.9 Å². The number of amides is 1. The van der Waals surface area contributed by atoms with Crippen LogP contribution in [0.25, 0.3) is 0 Å². The number of nitrogens with zero attached hydrogens (tertiary/aromatic N) is 1. The van der Waals surface area contributed by atoms with Gasteiger partial charge in [-0.15, -0.1) is 0 Å². The maximum Gasteiger partial charge on any atom is 0.239 e. The van der Waals surface area contributed by atoms with Gasteiger partial charge < -0.3 is 5.32 Å². The number of hydrogen-bond donors (Lipinski definition) is 1. The first-order chi connectivity index (χ1) is 12.6. The summed E-state index contributed by atoms with van der Waals surface area (Å²) in [5.41, 5.74) is 4.46. The summed E-state index contributed by atoms with van der Waals surface area (Å²) >= 11 is 0. The third-order valence-electron chi connectivity index (χ3n) is 4.29. The Morgan fingerprint density at radius 1 is 1.07 bits per heavy atom. The maximum absolute atomic E-state index is 13.0. The molecule has 146 valence electrons. The third-order valence-corrected chi connectivity index (χ3v) is 5.54. The van der Waals surface area contributed by atoms with Crippen molar-refractivity contribution in [1.29, 1.82) is 0 Å². The van der Waals surface area contributed by atoms with Crippen molar-refractivity contribution in [2.75, 3.05) is 24.7 Å². The SMILES string of the molecule is Cc1cc(C)c(NC(=O)CN(CCc2ccc(F)cc2)S(C)(=O)=O)c(C)c1. The van der Waals surface area contributed by atoms with E-state index in [1.807, 2.05) is 32.9 Å². The molecule has 0 aliphatic carbocycles. The standard InChI is InChI=1S/C20H25FN2O3S/c1-14-11-15(2)20(16(3)12-14)22-19(24)13-23(27(4,25)26)10-9-17-5-7-18(21)8-6-17/h5-8,11-12H,9-10,13H2,1-4H3,(H,22,24).